The Balaban J connectivity index is 2.33. The van der Waals surface area contributed by atoms with Crippen LogP contribution in [0.4, 0.5) is 0 Å². The van der Waals surface area contributed by atoms with Crippen LogP contribution in [0.25, 0.3) is 0 Å². The Labute approximate surface area is 128 Å². The smallest absolute Gasteiger partial charge is 0.122 e. The molecule has 0 atom stereocenters. The molecule has 1 heteroatoms. The molecule has 2 aromatic rings. The van der Waals surface area contributed by atoms with Crippen LogP contribution in [-0.2, 0) is 18.3 Å². The molecule has 1 nitrogen and oxygen atoms in total. The highest BCUT2D eigenvalue weighted by atomic mass is 16.3. The zero-order valence-corrected chi connectivity index (χ0v) is 13.8. The number of phenolic OH excluding ortho intramolecular Hbond substituents is 1. The molecule has 21 heavy (non-hydrogen) atoms. The highest BCUT2D eigenvalue weighted by Crippen LogP contribution is 2.36. The fourth-order valence-electron chi connectivity index (χ4n) is 2.73. The Kier molecular flexibility index (Phi) is 4.41. The van der Waals surface area contributed by atoms with Gasteiger partial charge in [0.2, 0.25) is 0 Å². The van der Waals surface area contributed by atoms with Gasteiger partial charge in [-0.2, -0.15) is 0 Å². The van der Waals surface area contributed by atoms with E-state index in [0.29, 0.717) is 5.75 Å². The van der Waals surface area contributed by atoms with Gasteiger partial charge < -0.3 is 5.11 Å². The second-order valence-electron chi connectivity index (χ2n) is 6.92. The topological polar surface area (TPSA) is 20.2 Å². The Morgan fingerprint density at radius 2 is 1.52 bits per heavy atom. The molecule has 0 spiro atoms. The molecule has 0 aliphatic carbocycles. The Morgan fingerprint density at radius 1 is 0.905 bits per heavy atom. The molecule has 0 aliphatic rings. The largest absolute Gasteiger partial charge is 0.507 e. The van der Waals surface area contributed by atoms with Gasteiger partial charge in [0.1, 0.15) is 5.75 Å². The molecule has 2 aromatic carbocycles. The van der Waals surface area contributed by atoms with Gasteiger partial charge in [0.05, 0.1) is 0 Å². The second-order valence-corrected chi connectivity index (χ2v) is 6.92. The maximum atomic E-state index is 10.4. The Morgan fingerprint density at radius 3 is 2.10 bits per heavy atom. The molecule has 0 heterocycles. The summed E-state index contributed by atoms with van der Waals surface area (Å²) in [6, 6.07) is 12.8. The number of aryl methyl sites for hydroxylation is 2. The van der Waals surface area contributed by atoms with Crippen molar-refractivity contribution in [1.29, 1.82) is 0 Å². The fraction of sp³-hybridized carbons (Fsp3) is 0.400. The van der Waals surface area contributed by atoms with E-state index in [-0.39, 0.29) is 5.41 Å². The lowest BCUT2D eigenvalue weighted by atomic mass is 9.82. The van der Waals surface area contributed by atoms with Crippen molar-refractivity contribution >= 4 is 0 Å². The third kappa shape index (κ3) is 3.47. The lowest BCUT2D eigenvalue weighted by molar-refractivity contribution is 0.441. The van der Waals surface area contributed by atoms with E-state index < -0.39 is 0 Å². The average Bonchev–Trinajstić information content (AvgIpc) is 2.44. The summed E-state index contributed by atoms with van der Waals surface area (Å²) in [7, 11) is 0. The first-order valence-corrected chi connectivity index (χ1v) is 7.67. The van der Waals surface area contributed by atoms with E-state index in [2.05, 4.69) is 64.1 Å². The summed E-state index contributed by atoms with van der Waals surface area (Å²) < 4.78 is 0. The molecule has 0 radical (unpaired) electrons. The number of rotatable bonds is 3. The van der Waals surface area contributed by atoms with Crippen molar-refractivity contribution in [3.8, 4) is 5.75 Å². The number of benzene rings is 2. The molecular formula is C20H26O. The van der Waals surface area contributed by atoms with Crippen molar-refractivity contribution in [3.05, 3.63) is 64.2 Å². The molecule has 0 unspecified atom stereocenters. The van der Waals surface area contributed by atoms with E-state index >= 15 is 0 Å². The third-order valence-electron chi connectivity index (χ3n) is 4.31. The monoisotopic (exact) mass is 282 g/mol. The van der Waals surface area contributed by atoms with Crippen LogP contribution in [0.2, 0.25) is 0 Å². The molecule has 112 valence electrons. The van der Waals surface area contributed by atoms with E-state index in [1.165, 1.54) is 16.7 Å². The summed E-state index contributed by atoms with van der Waals surface area (Å²) in [6.45, 7) is 10.6. The van der Waals surface area contributed by atoms with Crippen LogP contribution in [0, 0.1) is 13.8 Å². The summed E-state index contributed by atoms with van der Waals surface area (Å²) in [4.78, 5) is 0. The van der Waals surface area contributed by atoms with Gasteiger partial charge in [-0.15, -0.1) is 0 Å². The number of hydrogen-bond acceptors (Lipinski definition) is 1. The molecular weight excluding hydrogens is 256 g/mol. The minimum atomic E-state index is -0.0377. The molecule has 2 rings (SSSR count). The molecule has 0 aliphatic heterocycles. The molecule has 0 saturated heterocycles. The first kappa shape index (κ1) is 15.6. The van der Waals surface area contributed by atoms with Crippen molar-refractivity contribution < 1.29 is 5.11 Å². The lowest BCUT2D eigenvalue weighted by Gasteiger charge is -2.24. The van der Waals surface area contributed by atoms with E-state index in [4.69, 9.17) is 0 Å². The van der Waals surface area contributed by atoms with Crippen LogP contribution in [0.5, 0.6) is 5.75 Å². The van der Waals surface area contributed by atoms with Crippen LogP contribution < -0.4 is 0 Å². The van der Waals surface area contributed by atoms with Gasteiger partial charge in [0.25, 0.3) is 0 Å². The SMILES string of the molecule is Cc1c(CCc2ccccc2)cc(C(C)(C)C)c(O)c1C. The molecule has 0 bridgehead atoms. The highest BCUT2D eigenvalue weighted by Gasteiger charge is 2.21. The zero-order chi connectivity index (χ0) is 15.6. The zero-order valence-electron chi connectivity index (χ0n) is 13.8. The quantitative estimate of drug-likeness (QED) is 0.831. The van der Waals surface area contributed by atoms with E-state index in [1.807, 2.05) is 6.92 Å². The lowest BCUT2D eigenvalue weighted by Crippen LogP contribution is -2.13. The second kappa shape index (κ2) is 5.93. The summed E-state index contributed by atoms with van der Waals surface area (Å²) in [5, 5.41) is 10.4. The number of aromatic hydroxyl groups is 1. The maximum absolute atomic E-state index is 10.4. The minimum absolute atomic E-state index is 0.0377. The normalized spacial score (nSPS) is 11.7. The molecule has 0 amide bonds. The van der Waals surface area contributed by atoms with Gasteiger partial charge in [-0.25, -0.2) is 0 Å². The predicted octanol–water partition coefficient (Wildman–Crippen LogP) is 5.09. The highest BCUT2D eigenvalue weighted by molar-refractivity contribution is 5.51. The van der Waals surface area contributed by atoms with Crippen LogP contribution in [0.3, 0.4) is 0 Å². The van der Waals surface area contributed by atoms with Gasteiger partial charge in [-0.1, -0.05) is 57.2 Å². The number of hydrogen-bond donors (Lipinski definition) is 1. The van der Waals surface area contributed by atoms with Gasteiger partial charge in [-0.05, 0) is 59.9 Å². The summed E-state index contributed by atoms with van der Waals surface area (Å²) in [6.07, 6.45) is 2.05. The van der Waals surface area contributed by atoms with Gasteiger partial charge in [0.15, 0.2) is 0 Å². The summed E-state index contributed by atoms with van der Waals surface area (Å²) in [5.74, 6) is 0.462. The predicted molar refractivity (Wildman–Crippen MR) is 90.1 cm³/mol. The Hall–Kier alpha value is -1.76. The molecule has 0 fully saturated rings. The fourth-order valence-corrected chi connectivity index (χ4v) is 2.73. The van der Waals surface area contributed by atoms with E-state index in [9.17, 15) is 5.11 Å². The van der Waals surface area contributed by atoms with Gasteiger partial charge in [0, 0.05) is 0 Å². The summed E-state index contributed by atoms with van der Waals surface area (Å²) >= 11 is 0. The Bertz CT molecular complexity index is 619. The van der Waals surface area contributed by atoms with Crippen molar-refractivity contribution in [2.24, 2.45) is 0 Å². The van der Waals surface area contributed by atoms with E-state index in [1.54, 1.807) is 0 Å². The molecule has 0 saturated carbocycles. The average molecular weight is 282 g/mol. The van der Waals surface area contributed by atoms with Crippen molar-refractivity contribution in [1.82, 2.24) is 0 Å². The van der Waals surface area contributed by atoms with Crippen LogP contribution in [0.15, 0.2) is 36.4 Å². The third-order valence-corrected chi connectivity index (χ3v) is 4.31. The van der Waals surface area contributed by atoms with Crippen LogP contribution in [0.1, 0.15) is 48.6 Å². The van der Waals surface area contributed by atoms with Crippen molar-refractivity contribution in [2.75, 3.05) is 0 Å². The first-order chi connectivity index (χ1) is 9.80. The number of phenols is 1. The molecule has 0 aromatic heterocycles. The van der Waals surface area contributed by atoms with Gasteiger partial charge >= 0.3 is 0 Å². The van der Waals surface area contributed by atoms with E-state index in [0.717, 1.165) is 24.0 Å². The minimum Gasteiger partial charge on any atom is -0.507 e. The van der Waals surface area contributed by atoms with Crippen LogP contribution in [-0.4, -0.2) is 5.11 Å². The first-order valence-electron chi connectivity index (χ1n) is 7.67. The van der Waals surface area contributed by atoms with Gasteiger partial charge in [-0.3, -0.25) is 0 Å². The van der Waals surface area contributed by atoms with Crippen molar-refractivity contribution in [2.45, 2.75) is 52.9 Å². The molecule has 1 N–H and O–H groups in total. The summed E-state index contributed by atoms with van der Waals surface area (Å²) in [5.41, 5.74) is 5.96. The van der Waals surface area contributed by atoms with Crippen LogP contribution >= 0.6 is 0 Å². The standard InChI is InChI=1S/C20H26O/c1-14-15(2)19(21)18(20(3,4)5)13-17(14)12-11-16-9-7-6-8-10-16/h6-10,13,21H,11-12H2,1-5H3. The maximum Gasteiger partial charge on any atom is 0.122 e. The van der Waals surface area contributed by atoms with Crippen molar-refractivity contribution in [3.63, 3.8) is 0 Å².